The second kappa shape index (κ2) is 3.90. The summed E-state index contributed by atoms with van der Waals surface area (Å²) in [4.78, 5) is 11.1. The molecule has 2 aromatic rings. The number of halogens is 1. The second-order valence-electron chi connectivity index (χ2n) is 3.08. The molecule has 1 heterocycles. The number of esters is 1. The van der Waals surface area contributed by atoms with Crippen LogP contribution in [0.3, 0.4) is 0 Å². The van der Waals surface area contributed by atoms with Gasteiger partial charge in [-0.2, -0.15) is 5.10 Å². The molecule has 0 fully saturated rings. The number of fused-ring (bicyclic) bond motifs is 1. The molecule has 78 valence electrons. The summed E-state index contributed by atoms with van der Waals surface area (Å²) in [6, 6.07) is 5.39. The van der Waals surface area contributed by atoms with Gasteiger partial charge in [-0.1, -0.05) is 11.6 Å². The van der Waals surface area contributed by atoms with E-state index in [0.717, 1.165) is 10.9 Å². The molecule has 1 aromatic carbocycles. The smallest absolute Gasteiger partial charge is 0.327 e. The van der Waals surface area contributed by atoms with Crippen LogP contribution in [0.4, 0.5) is 0 Å². The highest BCUT2D eigenvalue weighted by molar-refractivity contribution is 6.31. The van der Waals surface area contributed by atoms with E-state index in [0.29, 0.717) is 5.02 Å². The maximum Gasteiger partial charge on any atom is 0.327 e. The van der Waals surface area contributed by atoms with Gasteiger partial charge in [-0.25, -0.2) is 0 Å². The molecule has 2 rings (SSSR count). The number of aromatic nitrogens is 2. The Bertz CT molecular complexity index is 507. The van der Waals surface area contributed by atoms with Crippen molar-refractivity contribution in [3.05, 3.63) is 29.4 Å². The quantitative estimate of drug-likeness (QED) is 0.732. The molecule has 0 atom stereocenters. The summed E-state index contributed by atoms with van der Waals surface area (Å²) in [5, 5.41) is 5.64. The lowest BCUT2D eigenvalue weighted by molar-refractivity contribution is -0.141. The number of ether oxygens (including phenoxy) is 1. The standard InChI is InChI=1S/C10H9ClN2O2/c1-15-10(14)6-13-9-3-2-8(11)4-7(9)5-12-13/h2-5H,6H2,1H3. The van der Waals surface area contributed by atoms with Crippen molar-refractivity contribution in [3.8, 4) is 0 Å². The Hall–Kier alpha value is -1.55. The van der Waals surface area contributed by atoms with Gasteiger partial charge in [0.05, 0.1) is 18.8 Å². The van der Waals surface area contributed by atoms with E-state index in [1.54, 1.807) is 23.0 Å². The highest BCUT2D eigenvalue weighted by Gasteiger charge is 2.07. The van der Waals surface area contributed by atoms with E-state index < -0.39 is 0 Å². The Balaban J connectivity index is 2.41. The number of benzene rings is 1. The van der Waals surface area contributed by atoms with Crippen LogP contribution in [0.25, 0.3) is 10.9 Å². The molecule has 0 radical (unpaired) electrons. The van der Waals surface area contributed by atoms with Crippen LogP contribution in [0.2, 0.25) is 5.02 Å². The van der Waals surface area contributed by atoms with Crippen molar-refractivity contribution >= 4 is 28.5 Å². The van der Waals surface area contributed by atoms with Crippen LogP contribution in [0.1, 0.15) is 0 Å². The minimum atomic E-state index is -0.324. The monoisotopic (exact) mass is 224 g/mol. The van der Waals surface area contributed by atoms with Crippen LogP contribution in [0.5, 0.6) is 0 Å². The molecule has 1 aromatic heterocycles. The van der Waals surface area contributed by atoms with Crippen LogP contribution in [0.15, 0.2) is 24.4 Å². The molecule has 0 aliphatic rings. The third-order valence-corrected chi connectivity index (χ3v) is 2.35. The summed E-state index contributed by atoms with van der Waals surface area (Å²) in [7, 11) is 1.35. The van der Waals surface area contributed by atoms with Crippen molar-refractivity contribution in [1.29, 1.82) is 0 Å². The average molecular weight is 225 g/mol. The SMILES string of the molecule is COC(=O)Cn1ncc2cc(Cl)ccc21. The summed E-state index contributed by atoms with van der Waals surface area (Å²) >= 11 is 5.83. The van der Waals surface area contributed by atoms with Crippen LogP contribution < -0.4 is 0 Å². The third-order valence-electron chi connectivity index (χ3n) is 2.11. The maximum absolute atomic E-state index is 11.1. The Morgan fingerprint density at radius 2 is 2.40 bits per heavy atom. The number of hydrogen-bond acceptors (Lipinski definition) is 3. The Morgan fingerprint density at radius 1 is 1.60 bits per heavy atom. The fourth-order valence-corrected chi connectivity index (χ4v) is 1.55. The summed E-state index contributed by atoms with van der Waals surface area (Å²) in [5.41, 5.74) is 0.866. The van der Waals surface area contributed by atoms with Gasteiger partial charge in [0, 0.05) is 10.4 Å². The van der Waals surface area contributed by atoms with E-state index >= 15 is 0 Å². The predicted molar refractivity (Wildman–Crippen MR) is 56.8 cm³/mol. The van der Waals surface area contributed by atoms with Crippen molar-refractivity contribution in [3.63, 3.8) is 0 Å². The molecular weight excluding hydrogens is 216 g/mol. The van der Waals surface area contributed by atoms with Crippen LogP contribution in [0, 0.1) is 0 Å². The zero-order valence-corrected chi connectivity index (χ0v) is 8.86. The zero-order valence-electron chi connectivity index (χ0n) is 8.11. The van der Waals surface area contributed by atoms with E-state index in [2.05, 4.69) is 9.84 Å². The van der Waals surface area contributed by atoms with Gasteiger partial charge in [-0.3, -0.25) is 9.48 Å². The Morgan fingerprint density at radius 3 is 3.13 bits per heavy atom. The highest BCUT2D eigenvalue weighted by Crippen LogP contribution is 2.18. The normalized spacial score (nSPS) is 10.5. The maximum atomic E-state index is 11.1. The Kier molecular flexibility index (Phi) is 2.60. The van der Waals surface area contributed by atoms with Crippen molar-refractivity contribution in [2.75, 3.05) is 7.11 Å². The topological polar surface area (TPSA) is 44.1 Å². The molecule has 0 N–H and O–H groups in total. The Labute approximate surface area is 91.4 Å². The highest BCUT2D eigenvalue weighted by atomic mass is 35.5. The summed E-state index contributed by atoms with van der Waals surface area (Å²) in [6.07, 6.45) is 1.67. The number of nitrogens with zero attached hydrogens (tertiary/aromatic N) is 2. The second-order valence-corrected chi connectivity index (χ2v) is 3.52. The van der Waals surface area contributed by atoms with Crippen molar-refractivity contribution in [2.45, 2.75) is 6.54 Å². The summed E-state index contributed by atoms with van der Waals surface area (Å²) in [6.45, 7) is 0.113. The number of methoxy groups -OCH3 is 1. The zero-order chi connectivity index (χ0) is 10.8. The minimum absolute atomic E-state index is 0.113. The fourth-order valence-electron chi connectivity index (χ4n) is 1.37. The molecule has 0 bridgehead atoms. The first-order valence-corrected chi connectivity index (χ1v) is 4.76. The first-order chi connectivity index (χ1) is 7.20. The lowest BCUT2D eigenvalue weighted by Crippen LogP contribution is -2.12. The molecule has 5 heteroatoms. The largest absolute Gasteiger partial charge is 0.468 e. The molecule has 0 saturated carbocycles. The van der Waals surface area contributed by atoms with Crippen LogP contribution in [-0.4, -0.2) is 22.9 Å². The number of rotatable bonds is 2. The first-order valence-electron chi connectivity index (χ1n) is 4.38. The third kappa shape index (κ3) is 1.94. The van der Waals surface area contributed by atoms with Gasteiger partial charge in [0.2, 0.25) is 0 Å². The van der Waals surface area contributed by atoms with Crippen molar-refractivity contribution in [2.24, 2.45) is 0 Å². The number of carbonyl (C=O) groups excluding carboxylic acids is 1. The molecule has 0 aliphatic heterocycles. The van der Waals surface area contributed by atoms with E-state index in [1.165, 1.54) is 7.11 Å². The van der Waals surface area contributed by atoms with Gasteiger partial charge in [0.15, 0.2) is 0 Å². The van der Waals surface area contributed by atoms with E-state index in [1.807, 2.05) is 6.07 Å². The fraction of sp³-hybridized carbons (Fsp3) is 0.200. The van der Waals surface area contributed by atoms with Crippen LogP contribution >= 0.6 is 11.6 Å². The lowest BCUT2D eigenvalue weighted by atomic mass is 10.2. The lowest BCUT2D eigenvalue weighted by Gasteiger charge is -2.01. The average Bonchev–Trinajstić information content (AvgIpc) is 2.60. The minimum Gasteiger partial charge on any atom is -0.468 e. The van der Waals surface area contributed by atoms with Gasteiger partial charge < -0.3 is 4.74 Å². The molecule has 0 aliphatic carbocycles. The summed E-state index contributed by atoms with van der Waals surface area (Å²) < 4.78 is 6.15. The first kappa shape index (κ1) is 9.98. The molecular formula is C10H9ClN2O2. The molecule has 0 amide bonds. The van der Waals surface area contributed by atoms with Crippen LogP contribution in [-0.2, 0) is 16.1 Å². The molecule has 15 heavy (non-hydrogen) atoms. The molecule has 0 saturated heterocycles. The van der Waals surface area contributed by atoms with Gasteiger partial charge >= 0.3 is 5.97 Å². The van der Waals surface area contributed by atoms with Gasteiger partial charge in [0.25, 0.3) is 0 Å². The van der Waals surface area contributed by atoms with E-state index in [4.69, 9.17) is 11.6 Å². The molecule has 0 unspecified atom stereocenters. The van der Waals surface area contributed by atoms with E-state index in [-0.39, 0.29) is 12.5 Å². The number of carbonyl (C=O) groups is 1. The van der Waals surface area contributed by atoms with Gasteiger partial charge in [-0.15, -0.1) is 0 Å². The number of hydrogen-bond donors (Lipinski definition) is 0. The van der Waals surface area contributed by atoms with Crippen molar-refractivity contribution in [1.82, 2.24) is 9.78 Å². The molecule has 4 nitrogen and oxygen atoms in total. The van der Waals surface area contributed by atoms with Gasteiger partial charge in [0.1, 0.15) is 6.54 Å². The molecule has 0 spiro atoms. The van der Waals surface area contributed by atoms with Gasteiger partial charge in [-0.05, 0) is 18.2 Å². The summed E-state index contributed by atoms with van der Waals surface area (Å²) in [5.74, 6) is -0.324. The van der Waals surface area contributed by atoms with Crippen molar-refractivity contribution < 1.29 is 9.53 Å². The van der Waals surface area contributed by atoms with E-state index in [9.17, 15) is 4.79 Å². The predicted octanol–water partition coefficient (Wildman–Crippen LogP) is 1.86.